The van der Waals surface area contributed by atoms with E-state index in [4.69, 9.17) is 4.74 Å². The molecule has 0 amide bonds. The molecule has 2 aliphatic rings. The first-order valence-electron chi connectivity index (χ1n) is 6.06. The minimum Gasteiger partial charge on any atom is -0.383 e. The predicted octanol–water partition coefficient (Wildman–Crippen LogP) is 2.19. The molecule has 14 heavy (non-hydrogen) atoms. The summed E-state index contributed by atoms with van der Waals surface area (Å²) in [6.07, 6.45) is 6.99. The zero-order valence-corrected chi connectivity index (χ0v) is 9.46. The van der Waals surface area contributed by atoms with Gasteiger partial charge in [0.2, 0.25) is 0 Å². The summed E-state index contributed by atoms with van der Waals surface area (Å²) in [6, 6.07) is 1.39. The van der Waals surface area contributed by atoms with E-state index in [-0.39, 0.29) is 0 Å². The molecule has 2 nitrogen and oxygen atoms in total. The van der Waals surface area contributed by atoms with Gasteiger partial charge in [0.05, 0.1) is 6.61 Å². The van der Waals surface area contributed by atoms with Gasteiger partial charge in [-0.15, -0.1) is 0 Å². The van der Waals surface area contributed by atoms with Gasteiger partial charge in [-0.1, -0.05) is 13.3 Å². The first-order chi connectivity index (χ1) is 6.81. The lowest BCUT2D eigenvalue weighted by atomic mass is 10.0. The Balaban J connectivity index is 1.80. The van der Waals surface area contributed by atoms with Crippen molar-refractivity contribution in [2.24, 2.45) is 11.8 Å². The monoisotopic (exact) mass is 197 g/mol. The van der Waals surface area contributed by atoms with Gasteiger partial charge in [0, 0.05) is 19.2 Å². The number of nitrogens with one attached hydrogen (secondary N) is 1. The molecule has 2 fully saturated rings. The highest BCUT2D eigenvalue weighted by molar-refractivity contribution is 4.91. The molecule has 0 spiro atoms. The van der Waals surface area contributed by atoms with Gasteiger partial charge in [0.1, 0.15) is 0 Å². The molecule has 2 rings (SSSR count). The Morgan fingerprint density at radius 3 is 2.57 bits per heavy atom. The Labute approximate surface area is 87.4 Å². The normalized spacial score (nSPS) is 34.7. The summed E-state index contributed by atoms with van der Waals surface area (Å²) in [7, 11) is 1.81. The van der Waals surface area contributed by atoms with Crippen LogP contribution in [0.15, 0.2) is 0 Å². The average Bonchev–Trinajstić information content (AvgIpc) is 2.93. The van der Waals surface area contributed by atoms with Gasteiger partial charge >= 0.3 is 0 Å². The van der Waals surface area contributed by atoms with E-state index < -0.39 is 0 Å². The molecule has 2 saturated carbocycles. The summed E-state index contributed by atoms with van der Waals surface area (Å²) in [5.41, 5.74) is 0. The summed E-state index contributed by atoms with van der Waals surface area (Å²) in [4.78, 5) is 0. The summed E-state index contributed by atoms with van der Waals surface area (Å²) >= 11 is 0. The molecule has 0 bridgehead atoms. The van der Waals surface area contributed by atoms with Gasteiger partial charge in [-0.05, 0) is 37.5 Å². The fourth-order valence-corrected chi connectivity index (χ4v) is 2.67. The fraction of sp³-hybridized carbons (Fsp3) is 1.00. The molecule has 3 unspecified atom stereocenters. The van der Waals surface area contributed by atoms with Gasteiger partial charge in [0.15, 0.2) is 0 Å². The standard InChI is InChI=1S/C12H23NO/c1-9-4-3-5-11(9)13-12(8-14-2)10-6-7-10/h9-13H,3-8H2,1-2H3. The molecule has 0 aromatic heterocycles. The van der Waals surface area contributed by atoms with Crippen LogP contribution in [-0.4, -0.2) is 25.8 Å². The number of hydrogen-bond donors (Lipinski definition) is 1. The number of rotatable bonds is 5. The van der Waals surface area contributed by atoms with Crippen molar-refractivity contribution in [3.05, 3.63) is 0 Å². The molecular formula is C12H23NO. The van der Waals surface area contributed by atoms with Crippen LogP contribution in [0.3, 0.4) is 0 Å². The molecule has 82 valence electrons. The van der Waals surface area contributed by atoms with E-state index in [1.807, 2.05) is 7.11 Å². The largest absolute Gasteiger partial charge is 0.383 e. The quantitative estimate of drug-likeness (QED) is 0.729. The van der Waals surface area contributed by atoms with E-state index in [1.54, 1.807) is 0 Å². The first-order valence-corrected chi connectivity index (χ1v) is 6.06. The first kappa shape index (κ1) is 10.4. The number of hydrogen-bond acceptors (Lipinski definition) is 2. The molecule has 1 N–H and O–H groups in total. The molecule has 0 aromatic rings. The SMILES string of the molecule is COCC(NC1CCCC1C)C1CC1. The minimum atomic E-state index is 0.630. The maximum absolute atomic E-state index is 5.29. The van der Waals surface area contributed by atoms with E-state index in [0.29, 0.717) is 6.04 Å². The molecule has 0 aliphatic heterocycles. The third kappa shape index (κ3) is 2.48. The minimum absolute atomic E-state index is 0.630. The van der Waals surface area contributed by atoms with Gasteiger partial charge in [0.25, 0.3) is 0 Å². The van der Waals surface area contributed by atoms with Crippen molar-refractivity contribution in [3.63, 3.8) is 0 Å². The van der Waals surface area contributed by atoms with Gasteiger partial charge in [-0.3, -0.25) is 0 Å². The second kappa shape index (κ2) is 4.63. The maximum atomic E-state index is 5.29. The lowest BCUT2D eigenvalue weighted by Crippen LogP contribution is -2.43. The van der Waals surface area contributed by atoms with Crippen molar-refractivity contribution in [3.8, 4) is 0 Å². The fourth-order valence-electron chi connectivity index (χ4n) is 2.67. The van der Waals surface area contributed by atoms with Crippen molar-refractivity contribution in [1.82, 2.24) is 5.32 Å². The Hall–Kier alpha value is -0.0800. The van der Waals surface area contributed by atoms with Crippen LogP contribution in [0.1, 0.15) is 39.0 Å². The van der Waals surface area contributed by atoms with Crippen molar-refractivity contribution < 1.29 is 4.74 Å². The summed E-state index contributed by atoms with van der Waals surface area (Å²) in [5, 5.41) is 3.80. The van der Waals surface area contributed by atoms with E-state index in [0.717, 1.165) is 24.5 Å². The summed E-state index contributed by atoms with van der Waals surface area (Å²) < 4.78 is 5.29. The van der Waals surface area contributed by atoms with Crippen molar-refractivity contribution in [2.45, 2.75) is 51.1 Å². The maximum Gasteiger partial charge on any atom is 0.0618 e. The van der Waals surface area contributed by atoms with Crippen molar-refractivity contribution >= 4 is 0 Å². The smallest absolute Gasteiger partial charge is 0.0618 e. The Bertz CT molecular complexity index is 179. The van der Waals surface area contributed by atoms with Gasteiger partial charge in [-0.25, -0.2) is 0 Å². The van der Waals surface area contributed by atoms with Crippen LogP contribution >= 0.6 is 0 Å². The molecule has 0 heterocycles. The van der Waals surface area contributed by atoms with Crippen LogP contribution in [0.4, 0.5) is 0 Å². The zero-order valence-electron chi connectivity index (χ0n) is 9.46. The van der Waals surface area contributed by atoms with Gasteiger partial charge in [-0.2, -0.15) is 0 Å². The molecule has 2 heteroatoms. The van der Waals surface area contributed by atoms with Crippen LogP contribution in [0.5, 0.6) is 0 Å². The molecule has 0 saturated heterocycles. The van der Waals surface area contributed by atoms with Gasteiger partial charge < -0.3 is 10.1 Å². The van der Waals surface area contributed by atoms with Crippen LogP contribution in [-0.2, 0) is 4.74 Å². The Kier molecular flexibility index (Phi) is 3.45. The van der Waals surface area contributed by atoms with Crippen LogP contribution in [0, 0.1) is 11.8 Å². The summed E-state index contributed by atoms with van der Waals surface area (Å²) in [5.74, 6) is 1.77. The second-order valence-electron chi connectivity index (χ2n) is 5.08. The number of methoxy groups -OCH3 is 1. The highest BCUT2D eigenvalue weighted by atomic mass is 16.5. The Morgan fingerprint density at radius 1 is 1.29 bits per heavy atom. The molecule has 2 aliphatic carbocycles. The highest BCUT2D eigenvalue weighted by Gasteiger charge is 2.34. The lowest BCUT2D eigenvalue weighted by molar-refractivity contribution is 0.147. The Morgan fingerprint density at radius 2 is 2.07 bits per heavy atom. The van der Waals surface area contributed by atoms with E-state index in [9.17, 15) is 0 Å². The van der Waals surface area contributed by atoms with E-state index >= 15 is 0 Å². The van der Waals surface area contributed by atoms with Crippen molar-refractivity contribution in [1.29, 1.82) is 0 Å². The molecule has 0 aromatic carbocycles. The van der Waals surface area contributed by atoms with Crippen LogP contribution in [0.2, 0.25) is 0 Å². The predicted molar refractivity (Wildman–Crippen MR) is 58.3 cm³/mol. The van der Waals surface area contributed by atoms with Crippen LogP contribution in [0.25, 0.3) is 0 Å². The number of ether oxygens (including phenoxy) is 1. The van der Waals surface area contributed by atoms with Crippen LogP contribution < -0.4 is 5.32 Å². The molecule has 0 radical (unpaired) electrons. The second-order valence-corrected chi connectivity index (χ2v) is 5.08. The highest BCUT2D eigenvalue weighted by Crippen LogP contribution is 2.34. The molecular weight excluding hydrogens is 174 g/mol. The van der Waals surface area contributed by atoms with E-state index in [2.05, 4.69) is 12.2 Å². The lowest BCUT2D eigenvalue weighted by Gasteiger charge is -2.25. The third-order valence-electron chi connectivity index (χ3n) is 3.83. The summed E-state index contributed by atoms with van der Waals surface area (Å²) in [6.45, 7) is 3.27. The third-order valence-corrected chi connectivity index (χ3v) is 3.83. The zero-order chi connectivity index (χ0) is 9.97. The molecule has 3 atom stereocenters. The van der Waals surface area contributed by atoms with Crippen molar-refractivity contribution in [2.75, 3.05) is 13.7 Å². The van der Waals surface area contributed by atoms with E-state index in [1.165, 1.54) is 32.1 Å². The average molecular weight is 197 g/mol. The topological polar surface area (TPSA) is 21.3 Å².